The van der Waals surface area contributed by atoms with E-state index in [4.69, 9.17) is 4.74 Å². The maximum absolute atomic E-state index is 12.2. The molecule has 0 aliphatic carbocycles. The van der Waals surface area contributed by atoms with Gasteiger partial charge in [0.1, 0.15) is 0 Å². The Hall–Kier alpha value is -3.21. The van der Waals surface area contributed by atoms with Crippen LogP contribution in [0, 0.1) is 0 Å². The maximum Gasteiger partial charge on any atom is 0.272 e. The zero-order valence-electron chi connectivity index (χ0n) is 15.4. The van der Waals surface area contributed by atoms with Gasteiger partial charge in [-0.1, -0.05) is 12.1 Å². The van der Waals surface area contributed by atoms with Crippen LogP contribution in [-0.4, -0.2) is 42.4 Å². The van der Waals surface area contributed by atoms with Crippen LogP contribution in [0.1, 0.15) is 6.92 Å². The van der Waals surface area contributed by atoms with Gasteiger partial charge in [0, 0.05) is 29.7 Å². The van der Waals surface area contributed by atoms with Crippen LogP contribution in [0.3, 0.4) is 0 Å². The highest BCUT2D eigenvalue weighted by Crippen LogP contribution is 2.24. The first-order valence-corrected chi connectivity index (χ1v) is 10.3. The van der Waals surface area contributed by atoms with Gasteiger partial charge in [-0.05, 0) is 30.7 Å². The number of hydrogen-bond donors (Lipinski definition) is 3. The summed E-state index contributed by atoms with van der Waals surface area (Å²) in [6, 6.07) is 11.7. The smallest absolute Gasteiger partial charge is 0.272 e. The molecular formula is C18H19F2N5O3S. The maximum atomic E-state index is 12.2. The van der Waals surface area contributed by atoms with E-state index in [0.29, 0.717) is 22.9 Å². The Labute approximate surface area is 166 Å². The van der Waals surface area contributed by atoms with Crippen molar-refractivity contribution in [3.05, 3.63) is 48.7 Å². The molecule has 1 aromatic carbocycles. The van der Waals surface area contributed by atoms with Crippen molar-refractivity contribution in [2.24, 2.45) is 0 Å². The third-order valence-corrected chi connectivity index (χ3v) is 5.10. The third-order valence-electron chi connectivity index (χ3n) is 3.79. The van der Waals surface area contributed by atoms with Gasteiger partial charge in [0.05, 0.1) is 11.4 Å². The van der Waals surface area contributed by atoms with E-state index in [1.165, 1.54) is 12.3 Å². The van der Waals surface area contributed by atoms with E-state index in [1.807, 2.05) is 0 Å². The molecule has 154 valence electrons. The van der Waals surface area contributed by atoms with Crippen molar-refractivity contribution in [3.63, 3.8) is 0 Å². The molecule has 0 amide bonds. The molecule has 8 nitrogen and oxygen atoms in total. The molecule has 3 N–H and O–H groups in total. The topological polar surface area (TPSA) is 109 Å². The third kappa shape index (κ3) is 5.88. The summed E-state index contributed by atoms with van der Waals surface area (Å²) in [4.78, 5) is 3.87. The van der Waals surface area contributed by atoms with Crippen molar-refractivity contribution in [2.75, 3.05) is 22.4 Å². The summed E-state index contributed by atoms with van der Waals surface area (Å²) in [5.41, 5.74) is 2.56. The first-order valence-electron chi connectivity index (χ1n) is 8.65. The van der Waals surface area contributed by atoms with Gasteiger partial charge in [-0.3, -0.25) is 9.82 Å². The second-order valence-electron chi connectivity index (χ2n) is 5.96. The summed E-state index contributed by atoms with van der Waals surface area (Å²) >= 11 is 0. The van der Waals surface area contributed by atoms with Crippen LogP contribution in [-0.2, 0) is 10.0 Å². The molecule has 0 spiro atoms. The molecule has 0 aliphatic heterocycles. The monoisotopic (exact) mass is 423 g/mol. The molecule has 2 aromatic heterocycles. The Morgan fingerprint density at radius 2 is 1.90 bits per heavy atom. The number of ether oxygens (including phenoxy) is 1. The summed E-state index contributed by atoms with van der Waals surface area (Å²) in [5, 5.41) is 10.1. The van der Waals surface area contributed by atoms with E-state index in [0.717, 1.165) is 5.56 Å². The zero-order valence-corrected chi connectivity index (χ0v) is 16.2. The predicted octanol–water partition coefficient (Wildman–Crippen LogP) is 3.62. The summed E-state index contributed by atoms with van der Waals surface area (Å²) in [7, 11) is -3.33. The lowest BCUT2D eigenvalue weighted by Gasteiger charge is -2.07. The second kappa shape index (κ2) is 8.86. The largest absolute Gasteiger partial charge is 0.472 e. The molecule has 0 unspecified atom stereocenters. The number of nitrogens with zero attached hydrogens (tertiary/aromatic N) is 2. The molecule has 11 heteroatoms. The highest BCUT2D eigenvalue weighted by Gasteiger charge is 2.09. The first kappa shape index (κ1) is 20.5. The minimum Gasteiger partial charge on any atom is -0.472 e. The van der Waals surface area contributed by atoms with Crippen molar-refractivity contribution >= 4 is 27.2 Å². The molecule has 3 rings (SSSR count). The number of rotatable bonds is 9. The fourth-order valence-corrected chi connectivity index (χ4v) is 3.01. The molecule has 0 atom stereocenters. The molecule has 0 radical (unpaired) electrons. The van der Waals surface area contributed by atoms with E-state index in [-0.39, 0.29) is 11.6 Å². The zero-order chi connectivity index (χ0) is 20.9. The molecular weight excluding hydrogens is 404 g/mol. The Morgan fingerprint density at radius 1 is 1.14 bits per heavy atom. The fraction of sp³-hybridized carbons (Fsp3) is 0.222. The van der Waals surface area contributed by atoms with Crippen molar-refractivity contribution in [1.82, 2.24) is 15.2 Å². The van der Waals surface area contributed by atoms with E-state index in [1.54, 1.807) is 43.3 Å². The Balaban J connectivity index is 1.67. The number of nitrogens with one attached hydrogen (secondary N) is 3. The number of H-pyrrole nitrogens is 1. The van der Waals surface area contributed by atoms with Crippen molar-refractivity contribution in [2.45, 2.75) is 13.3 Å². The fourth-order valence-electron chi connectivity index (χ4n) is 2.37. The van der Waals surface area contributed by atoms with Gasteiger partial charge in [-0.15, -0.1) is 0 Å². The van der Waals surface area contributed by atoms with E-state index in [2.05, 4.69) is 25.2 Å². The normalized spacial score (nSPS) is 11.4. The molecule has 0 saturated heterocycles. The van der Waals surface area contributed by atoms with Gasteiger partial charge < -0.3 is 10.1 Å². The van der Waals surface area contributed by atoms with Crippen LogP contribution in [0.2, 0.25) is 0 Å². The molecule has 29 heavy (non-hydrogen) atoms. The lowest BCUT2D eigenvalue weighted by Crippen LogP contribution is -2.14. The number of anilines is 3. The number of halogens is 2. The molecule has 0 bridgehead atoms. The summed E-state index contributed by atoms with van der Waals surface area (Å²) in [5.74, 6) is 0.576. The molecule has 2 heterocycles. The van der Waals surface area contributed by atoms with Crippen LogP contribution in [0.25, 0.3) is 11.3 Å². The van der Waals surface area contributed by atoms with Crippen molar-refractivity contribution < 1.29 is 21.9 Å². The minimum atomic E-state index is -3.33. The number of pyridine rings is 1. The van der Waals surface area contributed by atoms with Crippen LogP contribution < -0.4 is 14.8 Å². The van der Waals surface area contributed by atoms with E-state index in [9.17, 15) is 17.2 Å². The molecule has 0 fully saturated rings. The number of aromatic amines is 1. The van der Waals surface area contributed by atoms with Crippen molar-refractivity contribution in [3.8, 4) is 17.1 Å². The van der Waals surface area contributed by atoms with Gasteiger partial charge in [-0.2, -0.15) is 5.10 Å². The lowest BCUT2D eigenvalue weighted by atomic mass is 10.1. The molecule has 3 aromatic rings. The second-order valence-corrected chi connectivity index (χ2v) is 7.97. The van der Waals surface area contributed by atoms with E-state index < -0.39 is 23.1 Å². The van der Waals surface area contributed by atoms with Gasteiger partial charge in [-0.25, -0.2) is 22.2 Å². The Kier molecular flexibility index (Phi) is 6.27. The number of aromatic nitrogens is 3. The highest BCUT2D eigenvalue weighted by atomic mass is 32.2. The SMILES string of the molecule is CCS(=O)(=O)Nc1ccc(-c2cc(Nc3ccnc(OCC(F)F)c3)n[nH]2)cc1. The number of alkyl halides is 2. The number of benzene rings is 1. The average molecular weight is 423 g/mol. The Morgan fingerprint density at radius 3 is 2.59 bits per heavy atom. The van der Waals surface area contributed by atoms with Gasteiger partial charge in [0.2, 0.25) is 15.9 Å². The standard InChI is InChI=1S/C18H19F2N5O3S/c1-2-29(26,27)25-13-5-3-12(4-6-13)15-10-17(24-23-15)22-14-7-8-21-18(9-14)28-11-16(19)20/h3-10,16,25H,2,11H2,1H3,(H2,21,22,23,24). The van der Waals surface area contributed by atoms with Crippen LogP contribution in [0.5, 0.6) is 5.88 Å². The molecule has 0 aliphatic rings. The number of sulfonamides is 1. The van der Waals surface area contributed by atoms with Gasteiger partial charge in [0.25, 0.3) is 6.43 Å². The van der Waals surface area contributed by atoms with Crippen molar-refractivity contribution in [1.29, 1.82) is 0 Å². The van der Waals surface area contributed by atoms with Gasteiger partial charge >= 0.3 is 0 Å². The summed E-state index contributed by atoms with van der Waals surface area (Å²) in [6.07, 6.45) is -1.14. The quantitative estimate of drug-likeness (QED) is 0.485. The average Bonchev–Trinajstić information content (AvgIpc) is 3.15. The Bertz CT molecular complexity index is 1060. The van der Waals surface area contributed by atoms with E-state index >= 15 is 0 Å². The minimum absolute atomic E-state index is 0.00573. The van der Waals surface area contributed by atoms with Crippen LogP contribution >= 0.6 is 0 Å². The predicted molar refractivity (Wildman–Crippen MR) is 106 cm³/mol. The summed E-state index contributed by atoms with van der Waals surface area (Å²) < 4.78 is 55.1. The first-order chi connectivity index (χ1) is 13.8. The molecule has 0 saturated carbocycles. The van der Waals surface area contributed by atoms with Crippen LogP contribution in [0.15, 0.2) is 48.7 Å². The number of hydrogen-bond acceptors (Lipinski definition) is 6. The lowest BCUT2D eigenvalue weighted by molar-refractivity contribution is 0.0796. The highest BCUT2D eigenvalue weighted by molar-refractivity contribution is 7.92. The summed E-state index contributed by atoms with van der Waals surface area (Å²) in [6.45, 7) is 0.833. The van der Waals surface area contributed by atoms with Crippen LogP contribution in [0.4, 0.5) is 26.0 Å². The van der Waals surface area contributed by atoms with Gasteiger partial charge in [0.15, 0.2) is 12.4 Å².